The van der Waals surface area contributed by atoms with Gasteiger partial charge in [0.05, 0.1) is 18.1 Å². The highest BCUT2D eigenvalue weighted by molar-refractivity contribution is 9.10. The van der Waals surface area contributed by atoms with E-state index in [0.717, 1.165) is 0 Å². The lowest BCUT2D eigenvalue weighted by Gasteiger charge is -2.25. The Balaban J connectivity index is 2.24. The van der Waals surface area contributed by atoms with Crippen LogP contribution in [0.4, 0.5) is 0 Å². The molecule has 19 heavy (non-hydrogen) atoms. The molecule has 0 N–H and O–H groups in total. The minimum absolute atomic E-state index is 0.00339. The van der Waals surface area contributed by atoms with Crippen LogP contribution >= 0.6 is 27.3 Å². The van der Waals surface area contributed by atoms with Crippen molar-refractivity contribution in [1.29, 1.82) is 0 Å². The number of carbonyl (C=O) groups is 1. The molecule has 4 nitrogen and oxygen atoms in total. The van der Waals surface area contributed by atoms with Crippen molar-refractivity contribution in [3.05, 3.63) is 20.8 Å². The van der Waals surface area contributed by atoms with Crippen molar-refractivity contribution in [3.8, 4) is 12.3 Å². The van der Waals surface area contributed by atoms with Crippen molar-refractivity contribution in [3.63, 3.8) is 0 Å². The molecule has 0 saturated carbocycles. The molecule has 1 aliphatic rings. The predicted molar refractivity (Wildman–Crippen MR) is 78.9 cm³/mol. The van der Waals surface area contributed by atoms with Gasteiger partial charge in [-0.1, -0.05) is 5.92 Å². The molecule has 2 heterocycles. The molecule has 102 valence electrons. The third-order valence-corrected chi connectivity index (χ3v) is 6.56. The van der Waals surface area contributed by atoms with Crippen LogP contribution in [0.2, 0.25) is 0 Å². The SMILES string of the molecule is C#CCN(C(=O)c1sccc1Br)C1CCS(=O)(=O)C1. The van der Waals surface area contributed by atoms with E-state index in [2.05, 4.69) is 21.9 Å². The lowest BCUT2D eigenvalue weighted by Crippen LogP contribution is -2.41. The van der Waals surface area contributed by atoms with E-state index in [9.17, 15) is 13.2 Å². The molecule has 1 amide bonds. The van der Waals surface area contributed by atoms with Gasteiger partial charge in [0.2, 0.25) is 0 Å². The first kappa shape index (κ1) is 14.6. The fourth-order valence-corrected chi connectivity index (χ4v) is 5.29. The summed E-state index contributed by atoms with van der Waals surface area (Å²) in [7, 11) is -3.04. The number of sulfone groups is 1. The average molecular weight is 362 g/mol. The van der Waals surface area contributed by atoms with Crippen LogP contribution in [0.25, 0.3) is 0 Å². The molecular formula is C12H12BrNO3S2. The highest BCUT2D eigenvalue weighted by Gasteiger charge is 2.35. The summed E-state index contributed by atoms with van der Waals surface area (Å²) in [6.07, 6.45) is 5.75. The van der Waals surface area contributed by atoms with Gasteiger partial charge in [0, 0.05) is 10.5 Å². The molecule has 1 aliphatic heterocycles. The number of terminal acetylenes is 1. The van der Waals surface area contributed by atoms with Crippen molar-refractivity contribution in [2.24, 2.45) is 0 Å². The van der Waals surface area contributed by atoms with Crippen molar-refractivity contribution in [2.45, 2.75) is 12.5 Å². The van der Waals surface area contributed by atoms with Gasteiger partial charge in [0.1, 0.15) is 4.88 Å². The maximum atomic E-state index is 12.4. The number of amides is 1. The van der Waals surface area contributed by atoms with Gasteiger partial charge in [-0.2, -0.15) is 0 Å². The molecule has 2 rings (SSSR count). The standard InChI is InChI=1S/C12H12BrNO3S2/c1-2-5-14(9-4-7-19(16,17)8-9)12(15)11-10(13)3-6-18-11/h1,3,6,9H,4-5,7-8H2. The van der Waals surface area contributed by atoms with Gasteiger partial charge in [-0.05, 0) is 33.8 Å². The number of halogens is 1. The molecule has 1 unspecified atom stereocenters. The Morgan fingerprint density at radius 1 is 1.63 bits per heavy atom. The zero-order valence-electron chi connectivity index (χ0n) is 10.0. The second-order valence-electron chi connectivity index (χ2n) is 4.29. The average Bonchev–Trinajstić information content (AvgIpc) is 2.91. The Morgan fingerprint density at radius 3 is 2.84 bits per heavy atom. The first-order chi connectivity index (χ1) is 8.94. The Bertz CT molecular complexity index is 630. The fraction of sp³-hybridized carbons (Fsp3) is 0.417. The van der Waals surface area contributed by atoms with E-state index in [1.165, 1.54) is 16.2 Å². The molecule has 0 radical (unpaired) electrons. The zero-order valence-corrected chi connectivity index (χ0v) is 13.2. The Morgan fingerprint density at radius 2 is 2.37 bits per heavy atom. The van der Waals surface area contributed by atoms with E-state index in [1.54, 1.807) is 11.4 Å². The zero-order chi connectivity index (χ0) is 14.0. The van der Waals surface area contributed by atoms with Crippen LogP contribution in [0.1, 0.15) is 16.1 Å². The van der Waals surface area contributed by atoms with Gasteiger partial charge in [-0.25, -0.2) is 8.42 Å². The van der Waals surface area contributed by atoms with Gasteiger partial charge in [-0.3, -0.25) is 4.79 Å². The van der Waals surface area contributed by atoms with Gasteiger partial charge < -0.3 is 4.90 Å². The van der Waals surface area contributed by atoms with Crippen molar-refractivity contribution < 1.29 is 13.2 Å². The molecule has 1 saturated heterocycles. The van der Waals surface area contributed by atoms with E-state index < -0.39 is 9.84 Å². The Kier molecular flexibility index (Phi) is 4.33. The first-order valence-electron chi connectivity index (χ1n) is 5.62. The number of hydrogen-bond acceptors (Lipinski definition) is 4. The van der Waals surface area contributed by atoms with Crippen LogP contribution in [-0.2, 0) is 9.84 Å². The summed E-state index contributed by atoms with van der Waals surface area (Å²) in [6, 6.07) is 1.47. The van der Waals surface area contributed by atoms with Crippen LogP contribution in [0.15, 0.2) is 15.9 Å². The maximum Gasteiger partial charge on any atom is 0.266 e. The van der Waals surface area contributed by atoms with Gasteiger partial charge in [0.25, 0.3) is 5.91 Å². The van der Waals surface area contributed by atoms with E-state index >= 15 is 0 Å². The maximum absolute atomic E-state index is 12.4. The Hall–Kier alpha value is -0.840. The van der Waals surface area contributed by atoms with Gasteiger partial charge in [-0.15, -0.1) is 17.8 Å². The van der Waals surface area contributed by atoms with Crippen LogP contribution in [0, 0.1) is 12.3 Å². The monoisotopic (exact) mass is 361 g/mol. The van der Waals surface area contributed by atoms with Crippen LogP contribution in [-0.4, -0.2) is 43.3 Å². The number of hydrogen-bond donors (Lipinski definition) is 0. The molecular weight excluding hydrogens is 350 g/mol. The summed E-state index contributed by atoms with van der Waals surface area (Å²) in [5.41, 5.74) is 0. The largest absolute Gasteiger partial charge is 0.323 e. The molecule has 1 atom stereocenters. The summed E-state index contributed by atoms with van der Waals surface area (Å²) >= 11 is 4.62. The number of nitrogens with zero attached hydrogens (tertiary/aromatic N) is 1. The van der Waals surface area contributed by atoms with Crippen LogP contribution < -0.4 is 0 Å². The van der Waals surface area contributed by atoms with Crippen molar-refractivity contribution in [1.82, 2.24) is 4.90 Å². The summed E-state index contributed by atoms with van der Waals surface area (Å²) in [5, 5.41) is 1.80. The molecule has 1 fully saturated rings. The molecule has 1 aromatic heterocycles. The highest BCUT2D eigenvalue weighted by Crippen LogP contribution is 2.27. The van der Waals surface area contributed by atoms with Crippen LogP contribution in [0.3, 0.4) is 0 Å². The summed E-state index contributed by atoms with van der Waals surface area (Å²) in [5.74, 6) is 2.35. The van der Waals surface area contributed by atoms with Gasteiger partial charge >= 0.3 is 0 Å². The van der Waals surface area contributed by atoms with Gasteiger partial charge in [0.15, 0.2) is 9.84 Å². The van der Waals surface area contributed by atoms with E-state index in [4.69, 9.17) is 6.42 Å². The predicted octanol–water partition coefficient (Wildman–Crippen LogP) is 1.77. The number of rotatable bonds is 3. The second-order valence-corrected chi connectivity index (χ2v) is 8.29. The van der Waals surface area contributed by atoms with E-state index in [0.29, 0.717) is 15.8 Å². The summed E-state index contributed by atoms with van der Waals surface area (Å²) < 4.78 is 23.8. The molecule has 7 heteroatoms. The molecule has 1 aromatic rings. The third-order valence-electron chi connectivity index (χ3n) is 2.98. The summed E-state index contributed by atoms with van der Waals surface area (Å²) in [4.78, 5) is 14.5. The minimum Gasteiger partial charge on any atom is -0.323 e. The molecule has 0 aliphatic carbocycles. The normalized spacial score (nSPS) is 20.9. The lowest BCUT2D eigenvalue weighted by atomic mass is 10.2. The smallest absolute Gasteiger partial charge is 0.266 e. The van der Waals surface area contributed by atoms with Crippen molar-refractivity contribution >= 4 is 43.0 Å². The highest BCUT2D eigenvalue weighted by atomic mass is 79.9. The second kappa shape index (κ2) is 5.65. The fourth-order valence-electron chi connectivity index (χ4n) is 2.06. The number of thiophene rings is 1. The summed E-state index contributed by atoms with van der Waals surface area (Å²) in [6.45, 7) is 0.128. The molecule has 0 aromatic carbocycles. The van der Waals surface area contributed by atoms with E-state index in [-0.39, 0.29) is 30.0 Å². The lowest BCUT2D eigenvalue weighted by molar-refractivity contribution is 0.0728. The minimum atomic E-state index is -3.04. The molecule has 0 bridgehead atoms. The number of carbonyl (C=O) groups excluding carboxylic acids is 1. The van der Waals surface area contributed by atoms with Crippen molar-refractivity contribution in [2.75, 3.05) is 18.1 Å². The first-order valence-corrected chi connectivity index (χ1v) is 9.12. The molecule has 0 spiro atoms. The van der Waals surface area contributed by atoms with Crippen LogP contribution in [0.5, 0.6) is 0 Å². The quantitative estimate of drug-likeness (QED) is 0.771. The third kappa shape index (κ3) is 3.19. The Labute approximate surface area is 124 Å². The van der Waals surface area contributed by atoms with E-state index in [1.807, 2.05) is 0 Å². The topological polar surface area (TPSA) is 54.5 Å².